The van der Waals surface area contributed by atoms with Gasteiger partial charge in [-0.25, -0.2) is 0 Å². The maximum Gasteiger partial charge on any atom is 0.315 e. The lowest BCUT2D eigenvalue weighted by atomic mass is 9.82. The Morgan fingerprint density at radius 2 is 1.74 bits per heavy atom. The van der Waals surface area contributed by atoms with Crippen LogP contribution in [0.5, 0.6) is 0 Å². The van der Waals surface area contributed by atoms with Gasteiger partial charge in [-0.2, -0.15) is 0 Å². The molecule has 0 aromatic heterocycles. The summed E-state index contributed by atoms with van der Waals surface area (Å²) in [7, 11) is 0. The lowest BCUT2D eigenvalue weighted by Gasteiger charge is -2.32. The summed E-state index contributed by atoms with van der Waals surface area (Å²) in [5.41, 5.74) is 0.452. The molecule has 2 aromatic carbocycles. The number of rotatable bonds is 6. The van der Waals surface area contributed by atoms with Gasteiger partial charge in [0.2, 0.25) is 5.91 Å². The Morgan fingerprint density at radius 1 is 1.11 bits per heavy atom. The molecule has 0 radical (unpaired) electrons. The number of carbonyl (C=O) groups excluding carboxylic acids is 1. The summed E-state index contributed by atoms with van der Waals surface area (Å²) in [6.45, 7) is 2.29. The largest absolute Gasteiger partial charge is 0.481 e. The van der Waals surface area contributed by atoms with Crippen LogP contribution >= 0.6 is 0 Å². The van der Waals surface area contributed by atoms with Crippen molar-refractivity contribution in [2.75, 3.05) is 13.2 Å². The van der Waals surface area contributed by atoms with Crippen LogP contribution < -0.4 is 5.32 Å². The summed E-state index contributed by atoms with van der Waals surface area (Å²) < 4.78 is 5.88. The summed E-state index contributed by atoms with van der Waals surface area (Å²) in [6, 6.07) is 18.7. The van der Waals surface area contributed by atoms with E-state index in [-0.39, 0.29) is 24.5 Å². The number of benzene rings is 2. The molecule has 1 amide bonds. The molecule has 2 aromatic rings. The van der Waals surface area contributed by atoms with Crippen molar-refractivity contribution in [1.82, 2.24) is 5.32 Å². The highest BCUT2D eigenvalue weighted by Gasteiger charge is 2.38. The quantitative estimate of drug-likeness (QED) is 0.821. The van der Waals surface area contributed by atoms with Crippen LogP contribution in [0, 0.1) is 5.92 Å². The lowest BCUT2D eigenvalue weighted by molar-refractivity contribution is -0.143. The number of hydrogen-bond acceptors (Lipinski definition) is 3. The van der Waals surface area contributed by atoms with E-state index in [1.54, 1.807) is 31.2 Å². The Bertz CT molecular complexity index is 777. The van der Waals surface area contributed by atoms with E-state index >= 15 is 0 Å². The minimum Gasteiger partial charge on any atom is -0.481 e. The third-order valence-electron chi connectivity index (χ3n) is 5.29. The molecule has 1 fully saturated rings. The van der Waals surface area contributed by atoms with Crippen molar-refractivity contribution in [1.29, 1.82) is 0 Å². The van der Waals surface area contributed by atoms with Gasteiger partial charge in [-0.3, -0.25) is 9.59 Å². The van der Waals surface area contributed by atoms with Gasteiger partial charge >= 0.3 is 5.97 Å². The van der Waals surface area contributed by atoms with E-state index in [2.05, 4.69) is 5.32 Å². The predicted molar refractivity (Wildman–Crippen MR) is 102 cm³/mol. The molecule has 1 aliphatic heterocycles. The van der Waals surface area contributed by atoms with Crippen LogP contribution in [-0.2, 0) is 19.7 Å². The second kappa shape index (κ2) is 8.35. The monoisotopic (exact) mass is 367 g/mol. The average molecular weight is 367 g/mol. The van der Waals surface area contributed by atoms with Gasteiger partial charge in [0.25, 0.3) is 0 Å². The van der Waals surface area contributed by atoms with E-state index in [1.807, 2.05) is 36.4 Å². The third-order valence-corrected chi connectivity index (χ3v) is 5.29. The number of ether oxygens (including phenoxy) is 1. The third kappa shape index (κ3) is 4.19. The molecular weight excluding hydrogens is 342 g/mol. The van der Waals surface area contributed by atoms with Gasteiger partial charge in [0.15, 0.2) is 0 Å². The van der Waals surface area contributed by atoms with Crippen LogP contribution in [0.1, 0.15) is 37.0 Å². The summed E-state index contributed by atoms with van der Waals surface area (Å²) in [5, 5.41) is 12.6. The summed E-state index contributed by atoms with van der Waals surface area (Å²) in [5.74, 6) is -1.45. The molecule has 2 N–H and O–H groups in total. The molecule has 3 unspecified atom stereocenters. The SMILES string of the molecule is CC(CNC(=O)C1CCCOC1c1ccccc1)(C(=O)O)c1ccccc1. The molecule has 0 saturated carbocycles. The molecular formula is C22H25NO4. The van der Waals surface area contributed by atoms with E-state index in [0.29, 0.717) is 12.2 Å². The van der Waals surface area contributed by atoms with Crippen molar-refractivity contribution in [3.05, 3.63) is 71.8 Å². The second-order valence-corrected chi connectivity index (χ2v) is 7.17. The molecule has 5 nitrogen and oxygen atoms in total. The molecule has 5 heteroatoms. The van der Waals surface area contributed by atoms with Gasteiger partial charge in [0.05, 0.1) is 12.0 Å². The van der Waals surface area contributed by atoms with Crippen molar-refractivity contribution < 1.29 is 19.4 Å². The number of carboxylic acids is 1. The molecule has 0 aliphatic carbocycles. The van der Waals surface area contributed by atoms with Crippen molar-refractivity contribution in [2.45, 2.75) is 31.3 Å². The Hall–Kier alpha value is -2.66. The Balaban J connectivity index is 1.74. The first kappa shape index (κ1) is 19.1. The molecule has 1 heterocycles. The van der Waals surface area contributed by atoms with Gasteiger partial charge in [-0.05, 0) is 30.9 Å². The van der Waals surface area contributed by atoms with Crippen molar-refractivity contribution >= 4 is 11.9 Å². The Kier molecular flexibility index (Phi) is 5.91. The van der Waals surface area contributed by atoms with Crippen LogP contribution in [-0.4, -0.2) is 30.1 Å². The molecule has 27 heavy (non-hydrogen) atoms. The predicted octanol–water partition coefficient (Wildman–Crippen LogP) is 3.31. The highest BCUT2D eigenvalue weighted by Crippen LogP contribution is 2.34. The summed E-state index contributed by atoms with van der Waals surface area (Å²) in [4.78, 5) is 24.8. The second-order valence-electron chi connectivity index (χ2n) is 7.17. The smallest absolute Gasteiger partial charge is 0.315 e. The van der Waals surface area contributed by atoms with Gasteiger partial charge in [0.1, 0.15) is 5.41 Å². The summed E-state index contributed by atoms with van der Waals surface area (Å²) in [6.07, 6.45) is 1.24. The van der Waals surface area contributed by atoms with Crippen LogP contribution in [0.2, 0.25) is 0 Å². The van der Waals surface area contributed by atoms with Crippen LogP contribution in [0.15, 0.2) is 60.7 Å². The van der Waals surface area contributed by atoms with Gasteiger partial charge in [0, 0.05) is 13.2 Å². The van der Waals surface area contributed by atoms with E-state index < -0.39 is 11.4 Å². The lowest BCUT2D eigenvalue weighted by Crippen LogP contribution is -2.47. The number of amides is 1. The normalized spacial score (nSPS) is 21.8. The topological polar surface area (TPSA) is 75.6 Å². The first-order valence-electron chi connectivity index (χ1n) is 9.25. The molecule has 142 valence electrons. The molecule has 1 aliphatic rings. The zero-order valence-corrected chi connectivity index (χ0v) is 15.4. The number of hydrogen-bond donors (Lipinski definition) is 2. The number of nitrogens with one attached hydrogen (secondary N) is 1. The summed E-state index contributed by atoms with van der Waals surface area (Å²) >= 11 is 0. The zero-order chi connectivity index (χ0) is 19.3. The fourth-order valence-electron chi connectivity index (χ4n) is 3.52. The van der Waals surface area contributed by atoms with Gasteiger partial charge < -0.3 is 15.2 Å². The van der Waals surface area contributed by atoms with Crippen molar-refractivity contribution in [2.24, 2.45) is 5.92 Å². The van der Waals surface area contributed by atoms with Crippen LogP contribution in [0.25, 0.3) is 0 Å². The molecule has 3 atom stereocenters. The first-order chi connectivity index (χ1) is 13.0. The Labute approximate surface area is 159 Å². The van der Waals surface area contributed by atoms with Gasteiger partial charge in [-0.1, -0.05) is 60.7 Å². The molecule has 1 saturated heterocycles. The van der Waals surface area contributed by atoms with Crippen LogP contribution in [0.3, 0.4) is 0 Å². The fraction of sp³-hybridized carbons (Fsp3) is 0.364. The number of aliphatic carboxylic acids is 1. The van der Waals surface area contributed by atoms with Gasteiger partial charge in [-0.15, -0.1) is 0 Å². The first-order valence-corrected chi connectivity index (χ1v) is 9.25. The molecule has 0 spiro atoms. The standard InChI is InChI=1S/C22H25NO4/c1-22(21(25)26,17-11-6-3-7-12-17)15-23-20(24)18-13-8-14-27-19(18)16-9-4-2-5-10-16/h2-7,9-12,18-19H,8,13-15H2,1H3,(H,23,24)(H,25,26). The number of carbonyl (C=O) groups is 2. The van der Waals surface area contributed by atoms with E-state index in [1.165, 1.54) is 0 Å². The highest BCUT2D eigenvalue weighted by atomic mass is 16.5. The maximum atomic E-state index is 12.9. The molecule has 3 rings (SSSR count). The van der Waals surface area contributed by atoms with E-state index in [0.717, 1.165) is 18.4 Å². The highest BCUT2D eigenvalue weighted by molar-refractivity contribution is 5.84. The van der Waals surface area contributed by atoms with Crippen molar-refractivity contribution in [3.8, 4) is 0 Å². The Morgan fingerprint density at radius 3 is 2.37 bits per heavy atom. The fourth-order valence-corrected chi connectivity index (χ4v) is 3.52. The maximum absolute atomic E-state index is 12.9. The average Bonchev–Trinajstić information content (AvgIpc) is 2.73. The minimum atomic E-state index is -1.19. The van der Waals surface area contributed by atoms with E-state index in [4.69, 9.17) is 4.74 Å². The molecule has 0 bridgehead atoms. The van der Waals surface area contributed by atoms with Crippen molar-refractivity contribution in [3.63, 3.8) is 0 Å². The minimum absolute atomic E-state index is 0.0309. The van der Waals surface area contributed by atoms with Crippen LogP contribution in [0.4, 0.5) is 0 Å². The number of carboxylic acid groups (broad SMARTS) is 1. The zero-order valence-electron chi connectivity index (χ0n) is 15.4. The van der Waals surface area contributed by atoms with E-state index in [9.17, 15) is 14.7 Å².